The molecule has 0 bridgehead atoms. The number of carbonyl (C=O) groups is 1. The van der Waals surface area contributed by atoms with E-state index >= 15 is 0 Å². The Kier molecular flexibility index (Phi) is 3.90. The number of carbonyl (C=O) groups excluding carboxylic acids is 1. The molecular formula is C19H23N3O. The Balaban J connectivity index is 1.54. The summed E-state index contributed by atoms with van der Waals surface area (Å²) in [4.78, 5) is 15.3. The Morgan fingerprint density at radius 2 is 2.09 bits per heavy atom. The van der Waals surface area contributed by atoms with Crippen LogP contribution < -0.4 is 0 Å². The number of aryl methyl sites for hydroxylation is 1. The van der Waals surface area contributed by atoms with Gasteiger partial charge in [-0.3, -0.25) is 9.48 Å². The summed E-state index contributed by atoms with van der Waals surface area (Å²) in [6, 6.07) is 10.7. The second kappa shape index (κ2) is 6.19. The second-order valence-electron chi connectivity index (χ2n) is 6.70. The fourth-order valence-electron chi connectivity index (χ4n) is 4.15. The number of nitrogens with zero attached hydrogens (tertiary/aromatic N) is 3. The molecule has 0 radical (unpaired) electrons. The normalized spacial score (nSPS) is 23.7. The van der Waals surface area contributed by atoms with Crippen LogP contribution in [0.15, 0.2) is 42.7 Å². The average molecular weight is 309 g/mol. The van der Waals surface area contributed by atoms with Gasteiger partial charge in [-0.15, -0.1) is 0 Å². The lowest BCUT2D eigenvalue weighted by atomic mass is 9.82. The molecule has 4 heteroatoms. The minimum absolute atomic E-state index is 0.0539. The highest BCUT2D eigenvalue weighted by molar-refractivity contribution is 5.85. The van der Waals surface area contributed by atoms with E-state index in [0.29, 0.717) is 5.91 Å². The summed E-state index contributed by atoms with van der Waals surface area (Å²) < 4.78 is 1.95. The summed E-state index contributed by atoms with van der Waals surface area (Å²) in [6.45, 7) is 1.70. The van der Waals surface area contributed by atoms with Gasteiger partial charge < -0.3 is 4.90 Å². The predicted molar refractivity (Wildman–Crippen MR) is 89.1 cm³/mol. The van der Waals surface area contributed by atoms with Gasteiger partial charge in [0.05, 0.1) is 18.5 Å². The minimum atomic E-state index is 0.0539. The highest BCUT2D eigenvalue weighted by Crippen LogP contribution is 2.34. The van der Waals surface area contributed by atoms with Crippen LogP contribution in [0.25, 0.3) is 0 Å². The third kappa shape index (κ3) is 2.78. The van der Waals surface area contributed by atoms with Gasteiger partial charge in [0, 0.05) is 18.9 Å². The number of aromatic nitrogens is 2. The fourth-order valence-corrected chi connectivity index (χ4v) is 4.15. The molecular weight excluding hydrogens is 286 g/mol. The van der Waals surface area contributed by atoms with E-state index in [2.05, 4.69) is 34.3 Å². The van der Waals surface area contributed by atoms with Crippen molar-refractivity contribution in [3.63, 3.8) is 0 Å². The zero-order valence-electron chi connectivity index (χ0n) is 13.4. The van der Waals surface area contributed by atoms with Crippen molar-refractivity contribution in [1.29, 1.82) is 0 Å². The van der Waals surface area contributed by atoms with Crippen LogP contribution in [0.2, 0.25) is 0 Å². The van der Waals surface area contributed by atoms with Crippen LogP contribution in [-0.4, -0.2) is 33.2 Å². The molecule has 120 valence electrons. The monoisotopic (exact) mass is 309 g/mol. The molecule has 1 amide bonds. The summed E-state index contributed by atoms with van der Waals surface area (Å²) in [5.74, 6) is 0.380. The maximum atomic E-state index is 13.2. The Hall–Kier alpha value is -2.10. The molecule has 2 atom stereocenters. The van der Waals surface area contributed by atoms with Crippen molar-refractivity contribution in [2.75, 3.05) is 6.54 Å². The number of hydrogen-bond acceptors (Lipinski definition) is 2. The predicted octanol–water partition coefficient (Wildman–Crippen LogP) is 2.99. The fraction of sp³-hybridized carbons (Fsp3) is 0.474. The molecule has 1 aliphatic carbocycles. The van der Waals surface area contributed by atoms with Gasteiger partial charge in [0.15, 0.2) is 0 Å². The van der Waals surface area contributed by atoms with E-state index in [1.807, 2.05) is 16.9 Å². The van der Waals surface area contributed by atoms with Gasteiger partial charge in [0.1, 0.15) is 0 Å². The first kappa shape index (κ1) is 14.5. The highest BCUT2D eigenvalue weighted by atomic mass is 16.2. The average Bonchev–Trinajstić information content (AvgIpc) is 3.26. The number of benzene rings is 1. The molecule has 1 aromatic carbocycles. The highest BCUT2D eigenvalue weighted by Gasteiger charge is 2.35. The quantitative estimate of drug-likeness (QED) is 0.874. The lowest BCUT2D eigenvalue weighted by Crippen LogP contribution is -2.41. The Labute approximate surface area is 137 Å². The van der Waals surface area contributed by atoms with Crippen molar-refractivity contribution in [1.82, 2.24) is 14.7 Å². The van der Waals surface area contributed by atoms with Gasteiger partial charge in [0.2, 0.25) is 5.91 Å². The summed E-state index contributed by atoms with van der Waals surface area (Å²) in [5, 5.41) is 4.30. The maximum absolute atomic E-state index is 13.2. The molecule has 4 nitrogen and oxygen atoms in total. The van der Waals surface area contributed by atoms with Crippen LogP contribution in [0.1, 0.15) is 42.7 Å². The van der Waals surface area contributed by atoms with Crippen LogP contribution in [0.4, 0.5) is 0 Å². The molecule has 4 rings (SSSR count). The van der Waals surface area contributed by atoms with Gasteiger partial charge in [-0.05, 0) is 49.3 Å². The number of amides is 1. The number of fused-ring (bicyclic) bond motifs is 1. The molecule has 2 aromatic rings. The van der Waals surface area contributed by atoms with Crippen molar-refractivity contribution < 1.29 is 4.79 Å². The van der Waals surface area contributed by atoms with E-state index in [1.165, 1.54) is 11.1 Å². The van der Waals surface area contributed by atoms with E-state index in [9.17, 15) is 4.79 Å². The molecule has 23 heavy (non-hydrogen) atoms. The van der Waals surface area contributed by atoms with Crippen LogP contribution in [0, 0.1) is 0 Å². The molecule has 1 aliphatic heterocycles. The van der Waals surface area contributed by atoms with Gasteiger partial charge in [-0.1, -0.05) is 24.3 Å². The standard InChI is InChI=1S/C19H23N3O/c23-19(18-10-3-7-15-6-1-2-9-17(15)18)22-13-4-8-16(22)14-21-12-5-11-20-21/h1-2,5-6,9,11-12,16,18H,3-4,7-8,10,13-14H2/t16-,18-/m0/s1. The Morgan fingerprint density at radius 1 is 1.17 bits per heavy atom. The molecule has 1 aromatic heterocycles. The van der Waals surface area contributed by atoms with Crippen molar-refractivity contribution in [3.05, 3.63) is 53.9 Å². The molecule has 1 saturated heterocycles. The van der Waals surface area contributed by atoms with Crippen molar-refractivity contribution >= 4 is 5.91 Å². The lowest BCUT2D eigenvalue weighted by Gasteiger charge is -2.32. The molecule has 2 aliphatic rings. The lowest BCUT2D eigenvalue weighted by molar-refractivity contribution is -0.134. The number of likely N-dealkylation sites (tertiary alicyclic amines) is 1. The van der Waals surface area contributed by atoms with Crippen molar-refractivity contribution in [3.8, 4) is 0 Å². The van der Waals surface area contributed by atoms with Crippen LogP contribution in [0.5, 0.6) is 0 Å². The molecule has 0 saturated carbocycles. The Bertz CT molecular complexity index is 680. The van der Waals surface area contributed by atoms with Crippen LogP contribution >= 0.6 is 0 Å². The van der Waals surface area contributed by atoms with Gasteiger partial charge in [-0.2, -0.15) is 5.10 Å². The zero-order valence-corrected chi connectivity index (χ0v) is 13.4. The minimum Gasteiger partial charge on any atom is -0.337 e. The molecule has 1 fully saturated rings. The molecule has 0 N–H and O–H groups in total. The maximum Gasteiger partial charge on any atom is 0.230 e. The zero-order chi connectivity index (χ0) is 15.6. The SMILES string of the molecule is O=C([C@H]1CCCc2ccccc21)N1CCC[C@H]1Cn1cccn1. The third-order valence-corrected chi connectivity index (χ3v) is 5.28. The first-order valence-corrected chi connectivity index (χ1v) is 8.68. The topological polar surface area (TPSA) is 38.1 Å². The first-order chi connectivity index (χ1) is 11.3. The largest absolute Gasteiger partial charge is 0.337 e. The molecule has 0 unspecified atom stereocenters. The molecule has 0 spiro atoms. The second-order valence-corrected chi connectivity index (χ2v) is 6.70. The van der Waals surface area contributed by atoms with E-state index < -0.39 is 0 Å². The van der Waals surface area contributed by atoms with Crippen molar-refractivity contribution in [2.24, 2.45) is 0 Å². The first-order valence-electron chi connectivity index (χ1n) is 8.68. The summed E-state index contributed by atoms with van der Waals surface area (Å²) in [7, 11) is 0. The van der Waals surface area contributed by atoms with Gasteiger partial charge >= 0.3 is 0 Å². The van der Waals surface area contributed by atoms with Crippen molar-refractivity contribution in [2.45, 2.75) is 50.6 Å². The molecule has 2 heterocycles. The smallest absolute Gasteiger partial charge is 0.230 e. The van der Waals surface area contributed by atoms with Gasteiger partial charge in [-0.25, -0.2) is 0 Å². The van der Waals surface area contributed by atoms with Gasteiger partial charge in [0.25, 0.3) is 0 Å². The van der Waals surface area contributed by atoms with E-state index in [1.54, 1.807) is 6.20 Å². The Morgan fingerprint density at radius 3 is 2.96 bits per heavy atom. The van der Waals surface area contributed by atoms with Crippen LogP contribution in [0.3, 0.4) is 0 Å². The number of rotatable bonds is 3. The number of hydrogen-bond donors (Lipinski definition) is 0. The van der Waals surface area contributed by atoms with E-state index in [0.717, 1.165) is 45.2 Å². The summed E-state index contributed by atoms with van der Waals surface area (Å²) in [5.41, 5.74) is 2.62. The summed E-state index contributed by atoms with van der Waals surface area (Å²) in [6.07, 6.45) is 9.18. The third-order valence-electron chi connectivity index (χ3n) is 5.28. The van der Waals surface area contributed by atoms with E-state index in [-0.39, 0.29) is 12.0 Å². The van der Waals surface area contributed by atoms with Crippen LogP contribution in [-0.2, 0) is 17.8 Å². The summed E-state index contributed by atoms with van der Waals surface area (Å²) >= 11 is 0. The van der Waals surface area contributed by atoms with E-state index in [4.69, 9.17) is 0 Å².